The predicted molar refractivity (Wildman–Crippen MR) is 90.9 cm³/mol. The van der Waals surface area contributed by atoms with Crippen molar-refractivity contribution in [2.45, 2.75) is 43.5 Å². The Morgan fingerprint density at radius 3 is 2.48 bits per heavy atom. The van der Waals surface area contributed by atoms with Crippen molar-refractivity contribution in [3.63, 3.8) is 0 Å². The van der Waals surface area contributed by atoms with Crippen LogP contribution in [0.2, 0.25) is 0 Å². The first-order chi connectivity index (χ1) is 10.5. The second-order valence-electron chi connectivity index (χ2n) is 6.46. The van der Waals surface area contributed by atoms with E-state index in [1.165, 1.54) is 29.3 Å². The molecule has 0 atom stereocenters. The fraction of sp³-hybridized carbons (Fsp3) is 0.625. The van der Waals surface area contributed by atoms with E-state index in [1.807, 2.05) is 0 Å². The molecule has 2 fully saturated rings. The standard InChI is InChI=1S/C16H23FN2O2S.ClH/c1-12-2-5-15(17)16(10-12)22(20,21)19-8-6-14(7-9-19)18-11-13-3-4-13;/h2,5,10,13-14,18H,3-4,6-9,11H2,1H3;1H. The molecule has 2 aliphatic rings. The molecular formula is C16H24ClFN2O2S. The van der Waals surface area contributed by atoms with Crippen LogP contribution in [-0.4, -0.2) is 38.4 Å². The van der Waals surface area contributed by atoms with Crippen molar-refractivity contribution in [2.24, 2.45) is 5.92 Å². The van der Waals surface area contributed by atoms with Crippen LogP contribution in [0.1, 0.15) is 31.2 Å². The molecule has 23 heavy (non-hydrogen) atoms. The highest BCUT2D eigenvalue weighted by Gasteiger charge is 2.32. The first-order valence-corrected chi connectivity index (χ1v) is 9.40. The molecule has 0 amide bonds. The number of piperidine rings is 1. The minimum absolute atomic E-state index is 0. The van der Waals surface area contributed by atoms with Crippen LogP contribution in [-0.2, 0) is 10.0 Å². The molecule has 1 aliphatic carbocycles. The summed E-state index contributed by atoms with van der Waals surface area (Å²) in [4.78, 5) is -0.197. The van der Waals surface area contributed by atoms with Gasteiger partial charge in [0.15, 0.2) is 0 Å². The third kappa shape index (κ3) is 4.44. The number of aryl methyl sites for hydroxylation is 1. The molecular weight excluding hydrogens is 339 g/mol. The zero-order valence-corrected chi connectivity index (χ0v) is 14.9. The van der Waals surface area contributed by atoms with Gasteiger partial charge in [0, 0.05) is 19.1 Å². The lowest BCUT2D eigenvalue weighted by atomic mass is 10.1. The summed E-state index contributed by atoms with van der Waals surface area (Å²) < 4.78 is 40.5. The molecule has 1 aliphatic heterocycles. The van der Waals surface area contributed by atoms with E-state index in [-0.39, 0.29) is 17.3 Å². The van der Waals surface area contributed by atoms with Crippen molar-refractivity contribution in [1.82, 2.24) is 9.62 Å². The Kier molecular flexibility index (Phi) is 6.05. The van der Waals surface area contributed by atoms with Crippen LogP contribution < -0.4 is 5.32 Å². The van der Waals surface area contributed by atoms with Crippen molar-refractivity contribution in [3.8, 4) is 0 Å². The number of sulfonamides is 1. The second kappa shape index (κ2) is 7.47. The van der Waals surface area contributed by atoms with E-state index < -0.39 is 15.8 Å². The molecule has 1 aromatic rings. The highest BCUT2D eigenvalue weighted by Crippen LogP contribution is 2.28. The number of benzene rings is 1. The van der Waals surface area contributed by atoms with Crippen LogP contribution in [0.25, 0.3) is 0 Å². The minimum Gasteiger partial charge on any atom is -0.314 e. The van der Waals surface area contributed by atoms with Crippen molar-refractivity contribution in [1.29, 1.82) is 0 Å². The fourth-order valence-corrected chi connectivity index (χ4v) is 4.52. The normalized spacial score (nSPS) is 20.3. The summed E-state index contributed by atoms with van der Waals surface area (Å²) in [7, 11) is -3.73. The zero-order valence-electron chi connectivity index (χ0n) is 13.3. The van der Waals surface area contributed by atoms with Gasteiger partial charge in [-0.2, -0.15) is 4.31 Å². The first-order valence-electron chi connectivity index (χ1n) is 7.96. The monoisotopic (exact) mass is 362 g/mol. The topological polar surface area (TPSA) is 49.4 Å². The Hall–Kier alpha value is -0.690. The van der Waals surface area contributed by atoms with Crippen LogP contribution in [0, 0.1) is 18.7 Å². The molecule has 0 aromatic heterocycles. The van der Waals surface area contributed by atoms with Crippen LogP contribution in [0.4, 0.5) is 4.39 Å². The molecule has 1 saturated heterocycles. The predicted octanol–water partition coefficient (Wildman–Crippen LogP) is 2.71. The van der Waals surface area contributed by atoms with Crippen LogP contribution >= 0.6 is 12.4 Å². The molecule has 0 bridgehead atoms. The van der Waals surface area contributed by atoms with E-state index in [9.17, 15) is 12.8 Å². The SMILES string of the molecule is Cc1ccc(F)c(S(=O)(=O)N2CCC(NCC3CC3)CC2)c1.Cl. The number of nitrogens with one attached hydrogen (secondary N) is 1. The summed E-state index contributed by atoms with van der Waals surface area (Å²) in [6.45, 7) is 3.73. The maximum absolute atomic E-state index is 13.9. The smallest absolute Gasteiger partial charge is 0.245 e. The number of rotatable bonds is 5. The van der Waals surface area contributed by atoms with Gasteiger partial charge >= 0.3 is 0 Å². The lowest BCUT2D eigenvalue weighted by molar-refractivity contribution is 0.287. The van der Waals surface area contributed by atoms with Crippen molar-refractivity contribution in [3.05, 3.63) is 29.6 Å². The fourth-order valence-electron chi connectivity index (χ4n) is 2.90. The van der Waals surface area contributed by atoms with E-state index in [4.69, 9.17) is 0 Å². The van der Waals surface area contributed by atoms with Crippen LogP contribution in [0.3, 0.4) is 0 Å². The number of nitrogens with zero attached hydrogens (tertiary/aromatic N) is 1. The molecule has 0 radical (unpaired) electrons. The largest absolute Gasteiger partial charge is 0.314 e. The molecule has 4 nitrogen and oxygen atoms in total. The van der Waals surface area contributed by atoms with Gasteiger partial charge in [0.25, 0.3) is 0 Å². The van der Waals surface area contributed by atoms with Gasteiger partial charge in [-0.3, -0.25) is 0 Å². The third-order valence-electron chi connectivity index (χ3n) is 4.55. The maximum atomic E-state index is 13.9. The van der Waals surface area contributed by atoms with E-state index in [0.29, 0.717) is 19.1 Å². The summed E-state index contributed by atoms with van der Waals surface area (Å²) in [6, 6.07) is 4.62. The van der Waals surface area contributed by atoms with Gasteiger partial charge in [-0.25, -0.2) is 12.8 Å². The van der Waals surface area contributed by atoms with Gasteiger partial charge in [-0.05, 0) is 62.8 Å². The van der Waals surface area contributed by atoms with Gasteiger partial charge < -0.3 is 5.32 Å². The molecule has 1 aromatic carbocycles. The molecule has 1 N–H and O–H groups in total. The van der Waals surface area contributed by atoms with Gasteiger partial charge in [0.05, 0.1) is 0 Å². The summed E-state index contributed by atoms with van der Waals surface area (Å²) in [5.41, 5.74) is 0.751. The van der Waals surface area contributed by atoms with E-state index >= 15 is 0 Å². The maximum Gasteiger partial charge on any atom is 0.245 e. The van der Waals surface area contributed by atoms with Gasteiger partial charge in [-0.1, -0.05) is 6.07 Å². The van der Waals surface area contributed by atoms with Gasteiger partial charge in [0.1, 0.15) is 10.7 Å². The number of halogens is 2. The van der Waals surface area contributed by atoms with Crippen molar-refractivity contribution in [2.75, 3.05) is 19.6 Å². The van der Waals surface area contributed by atoms with Crippen LogP contribution in [0.5, 0.6) is 0 Å². The Labute approximate surface area is 143 Å². The van der Waals surface area contributed by atoms with E-state index in [1.54, 1.807) is 13.0 Å². The van der Waals surface area contributed by atoms with Gasteiger partial charge in [0.2, 0.25) is 10.0 Å². The quantitative estimate of drug-likeness (QED) is 0.876. The summed E-state index contributed by atoms with van der Waals surface area (Å²) in [5, 5.41) is 3.52. The third-order valence-corrected chi connectivity index (χ3v) is 6.46. The molecule has 0 spiro atoms. The molecule has 130 valence electrons. The minimum atomic E-state index is -3.73. The highest BCUT2D eigenvalue weighted by molar-refractivity contribution is 7.89. The summed E-state index contributed by atoms with van der Waals surface area (Å²) in [5.74, 6) is 0.155. The van der Waals surface area contributed by atoms with E-state index in [2.05, 4.69) is 5.32 Å². The molecule has 7 heteroatoms. The molecule has 1 saturated carbocycles. The second-order valence-corrected chi connectivity index (χ2v) is 8.37. The number of hydrogen-bond donors (Lipinski definition) is 1. The average Bonchev–Trinajstić information content (AvgIpc) is 3.32. The van der Waals surface area contributed by atoms with Gasteiger partial charge in [-0.15, -0.1) is 12.4 Å². The Morgan fingerprint density at radius 2 is 1.87 bits per heavy atom. The molecule has 0 unspecified atom stereocenters. The molecule has 1 heterocycles. The first kappa shape index (κ1) is 18.6. The Morgan fingerprint density at radius 1 is 1.22 bits per heavy atom. The zero-order chi connectivity index (χ0) is 15.7. The van der Waals surface area contributed by atoms with Crippen LogP contribution in [0.15, 0.2) is 23.1 Å². The lowest BCUT2D eigenvalue weighted by Gasteiger charge is -2.32. The molecule has 3 rings (SSSR count). The Bertz CT molecular complexity index is 641. The van der Waals surface area contributed by atoms with E-state index in [0.717, 1.165) is 30.9 Å². The summed E-state index contributed by atoms with van der Waals surface area (Å²) in [6.07, 6.45) is 4.21. The average molecular weight is 363 g/mol. The van der Waals surface area contributed by atoms with Crippen molar-refractivity contribution >= 4 is 22.4 Å². The van der Waals surface area contributed by atoms with Crippen molar-refractivity contribution < 1.29 is 12.8 Å². The summed E-state index contributed by atoms with van der Waals surface area (Å²) >= 11 is 0. The highest BCUT2D eigenvalue weighted by atomic mass is 35.5. The number of hydrogen-bond acceptors (Lipinski definition) is 3. The Balaban J connectivity index is 0.00000192. The lowest BCUT2D eigenvalue weighted by Crippen LogP contribution is -2.45.